The Balaban J connectivity index is 2.09. The predicted molar refractivity (Wildman–Crippen MR) is 77.9 cm³/mol. The van der Waals surface area contributed by atoms with Crippen LogP contribution < -0.4 is 5.32 Å². The van der Waals surface area contributed by atoms with Gasteiger partial charge in [0.25, 0.3) is 0 Å². The summed E-state index contributed by atoms with van der Waals surface area (Å²) in [6.07, 6.45) is 8.85. The van der Waals surface area contributed by atoms with E-state index in [4.69, 9.17) is 11.6 Å². The van der Waals surface area contributed by atoms with E-state index in [1.54, 1.807) is 18.2 Å². The highest BCUT2D eigenvalue weighted by atomic mass is 35.5. The van der Waals surface area contributed by atoms with Gasteiger partial charge >= 0.3 is 0 Å². The van der Waals surface area contributed by atoms with Gasteiger partial charge in [-0.2, -0.15) is 0 Å². The van der Waals surface area contributed by atoms with Crippen molar-refractivity contribution in [2.75, 3.05) is 11.9 Å². The quantitative estimate of drug-likeness (QED) is 0.573. The smallest absolute Gasteiger partial charge is 0.164 e. The number of hydrogen-bond acceptors (Lipinski definition) is 1. The molecule has 0 saturated carbocycles. The second-order valence-electron chi connectivity index (χ2n) is 4.65. The van der Waals surface area contributed by atoms with Crippen LogP contribution in [0.5, 0.6) is 0 Å². The van der Waals surface area contributed by atoms with E-state index in [2.05, 4.69) is 12.2 Å². The summed E-state index contributed by atoms with van der Waals surface area (Å²) in [6.45, 7) is 3.04. The summed E-state index contributed by atoms with van der Waals surface area (Å²) in [5.41, 5.74) is 0.508. The molecule has 102 valence electrons. The first-order chi connectivity index (χ1) is 8.75. The lowest BCUT2D eigenvalue weighted by molar-refractivity contribution is 0.594. The van der Waals surface area contributed by atoms with Crippen molar-refractivity contribution >= 4 is 17.3 Å². The second kappa shape index (κ2) is 9.21. The lowest BCUT2D eigenvalue weighted by atomic mass is 10.1. The van der Waals surface area contributed by atoms with Gasteiger partial charge in [0.2, 0.25) is 0 Å². The van der Waals surface area contributed by atoms with Gasteiger partial charge in [-0.1, -0.05) is 63.1 Å². The molecule has 0 bridgehead atoms. The van der Waals surface area contributed by atoms with Crippen molar-refractivity contribution in [3.05, 3.63) is 29.0 Å². The highest BCUT2D eigenvalue weighted by Gasteiger charge is 2.04. The van der Waals surface area contributed by atoms with Gasteiger partial charge in [0, 0.05) is 6.54 Å². The molecule has 0 heterocycles. The molecule has 0 spiro atoms. The molecule has 0 aliphatic rings. The molecule has 0 saturated heterocycles. The van der Waals surface area contributed by atoms with Gasteiger partial charge in [-0.3, -0.25) is 0 Å². The molecule has 0 atom stereocenters. The molecule has 0 aliphatic carbocycles. The average Bonchev–Trinajstić information content (AvgIpc) is 2.37. The highest BCUT2D eigenvalue weighted by Crippen LogP contribution is 2.21. The first-order valence-electron chi connectivity index (χ1n) is 6.93. The van der Waals surface area contributed by atoms with Crippen LogP contribution in [-0.4, -0.2) is 6.54 Å². The van der Waals surface area contributed by atoms with Crippen LogP contribution in [-0.2, 0) is 0 Å². The van der Waals surface area contributed by atoms with E-state index in [1.165, 1.54) is 38.5 Å². The Morgan fingerprint density at radius 2 is 1.72 bits per heavy atom. The van der Waals surface area contributed by atoms with E-state index in [9.17, 15) is 4.39 Å². The van der Waals surface area contributed by atoms with E-state index in [0.29, 0.717) is 5.69 Å². The van der Waals surface area contributed by atoms with Crippen LogP contribution >= 0.6 is 11.6 Å². The van der Waals surface area contributed by atoms with Crippen molar-refractivity contribution in [1.29, 1.82) is 0 Å². The highest BCUT2D eigenvalue weighted by molar-refractivity contribution is 6.31. The normalized spacial score (nSPS) is 10.6. The molecule has 1 rings (SSSR count). The van der Waals surface area contributed by atoms with Crippen LogP contribution in [0.3, 0.4) is 0 Å². The van der Waals surface area contributed by atoms with Crippen molar-refractivity contribution in [2.45, 2.75) is 51.9 Å². The van der Waals surface area contributed by atoms with Gasteiger partial charge in [-0.05, 0) is 18.6 Å². The Morgan fingerprint density at radius 3 is 2.44 bits per heavy atom. The zero-order valence-corrected chi connectivity index (χ0v) is 11.9. The fraction of sp³-hybridized carbons (Fsp3) is 0.600. The summed E-state index contributed by atoms with van der Waals surface area (Å²) < 4.78 is 13.5. The lowest BCUT2D eigenvalue weighted by Crippen LogP contribution is -2.03. The maximum atomic E-state index is 13.5. The minimum atomic E-state index is -0.345. The molecule has 1 aromatic rings. The van der Waals surface area contributed by atoms with E-state index in [-0.39, 0.29) is 10.8 Å². The van der Waals surface area contributed by atoms with Crippen molar-refractivity contribution < 1.29 is 4.39 Å². The molecular formula is C15H23ClFN. The number of rotatable bonds is 9. The zero-order chi connectivity index (χ0) is 13.2. The standard InChI is InChI=1S/C15H23ClFN/c1-2-3-4-5-6-7-8-12-18-14-11-9-10-13(16)15(14)17/h9-11,18H,2-8,12H2,1H3. The SMILES string of the molecule is CCCCCCCCCNc1cccc(Cl)c1F. The molecule has 0 aliphatic heterocycles. The summed E-state index contributed by atoms with van der Waals surface area (Å²) in [4.78, 5) is 0. The molecule has 0 amide bonds. The zero-order valence-electron chi connectivity index (χ0n) is 11.1. The van der Waals surface area contributed by atoms with Gasteiger partial charge in [0.1, 0.15) is 0 Å². The van der Waals surface area contributed by atoms with Crippen molar-refractivity contribution in [2.24, 2.45) is 0 Å². The monoisotopic (exact) mass is 271 g/mol. The molecule has 1 N–H and O–H groups in total. The van der Waals surface area contributed by atoms with Crippen LogP contribution in [0.1, 0.15) is 51.9 Å². The molecule has 0 fully saturated rings. The third-order valence-electron chi connectivity index (χ3n) is 3.05. The van der Waals surface area contributed by atoms with E-state index >= 15 is 0 Å². The van der Waals surface area contributed by atoms with Crippen molar-refractivity contribution in [1.82, 2.24) is 0 Å². The fourth-order valence-corrected chi connectivity index (χ4v) is 2.12. The molecule has 0 radical (unpaired) electrons. The Kier molecular flexibility index (Phi) is 7.83. The Morgan fingerprint density at radius 1 is 1.06 bits per heavy atom. The predicted octanol–water partition coefficient (Wildman–Crippen LogP) is 5.64. The molecule has 1 nitrogen and oxygen atoms in total. The average molecular weight is 272 g/mol. The van der Waals surface area contributed by atoms with E-state index in [1.807, 2.05) is 0 Å². The van der Waals surface area contributed by atoms with Crippen LogP contribution in [0.15, 0.2) is 18.2 Å². The third-order valence-corrected chi connectivity index (χ3v) is 3.34. The van der Waals surface area contributed by atoms with Crippen molar-refractivity contribution in [3.63, 3.8) is 0 Å². The molecule has 18 heavy (non-hydrogen) atoms. The van der Waals surface area contributed by atoms with E-state index in [0.717, 1.165) is 13.0 Å². The molecule has 1 aromatic carbocycles. The minimum absolute atomic E-state index is 0.180. The molecule has 0 unspecified atom stereocenters. The van der Waals surface area contributed by atoms with Gasteiger partial charge in [0.05, 0.1) is 10.7 Å². The summed E-state index contributed by atoms with van der Waals surface area (Å²) in [5, 5.41) is 3.28. The van der Waals surface area contributed by atoms with Crippen LogP contribution in [0.25, 0.3) is 0 Å². The van der Waals surface area contributed by atoms with Crippen LogP contribution in [0.2, 0.25) is 5.02 Å². The summed E-state index contributed by atoms with van der Waals surface area (Å²) in [5.74, 6) is -0.345. The topological polar surface area (TPSA) is 12.0 Å². The number of benzene rings is 1. The summed E-state index contributed by atoms with van der Waals surface area (Å²) in [7, 11) is 0. The Bertz CT molecular complexity index is 341. The Labute approximate surface area is 115 Å². The van der Waals surface area contributed by atoms with E-state index < -0.39 is 0 Å². The number of nitrogens with one attached hydrogen (secondary N) is 1. The summed E-state index contributed by atoms with van der Waals surface area (Å²) >= 11 is 5.71. The lowest BCUT2D eigenvalue weighted by Gasteiger charge is -2.08. The largest absolute Gasteiger partial charge is 0.383 e. The molecule has 3 heteroatoms. The van der Waals surface area contributed by atoms with Gasteiger partial charge < -0.3 is 5.32 Å². The third kappa shape index (κ3) is 5.72. The molecule has 0 aromatic heterocycles. The number of unbranched alkanes of at least 4 members (excludes halogenated alkanes) is 6. The van der Waals surface area contributed by atoms with Crippen molar-refractivity contribution in [3.8, 4) is 0 Å². The minimum Gasteiger partial charge on any atom is -0.383 e. The van der Waals surface area contributed by atoms with Gasteiger partial charge in [0.15, 0.2) is 5.82 Å². The number of hydrogen-bond donors (Lipinski definition) is 1. The maximum Gasteiger partial charge on any atom is 0.164 e. The fourth-order valence-electron chi connectivity index (χ4n) is 1.95. The molecular weight excluding hydrogens is 249 g/mol. The number of halogens is 2. The van der Waals surface area contributed by atoms with Crippen LogP contribution in [0, 0.1) is 5.82 Å². The first-order valence-corrected chi connectivity index (χ1v) is 7.31. The van der Waals surface area contributed by atoms with Gasteiger partial charge in [-0.25, -0.2) is 4.39 Å². The summed E-state index contributed by atoms with van der Waals surface area (Å²) in [6, 6.07) is 5.05. The van der Waals surface area contributed by atoms with Crippen LogP contribution in [0.4, 0.5) is 10.1 Å². The number of anilines is 1. The maximum absolute atomic E-state index is 13.5. The second-order valence-corrected chi connectivity index (χ2v) is 5.06. The first kappa shape index (κ1) is 15.3. The Hall–Kier alpha value is -0.760. The van der Waals surface area contributed by atoms with Gasteiger partial charge in [-0.15, -0.1) is 0 Å².